The largest absolute Gasteiger partial charge is 0.477 e. The Kier molecular flexibility index (Phi) is 5.85. The molecule has 2 aromatic heterocycles. The number of urea groups is 1. The number of benzene rings is 2. The summed E-state index contributed by atoms with van der Waals surface area (Å²) in [5, 5.41) is 12.8. The normalized spacial score (nSPS) is 10.7. The van der Waals surface area contributed by atoms with Crippen LogP contribution in [0.3, 0.4) is 0 Å². The van der Waals surface area contributed by atoms with E-state index in [-0.39, 0.29) is 5.58 Å². The third-order valence-electron chi connectivity index (χ3n) is 4.45. The SMILES string of the molecule is CN(C(=O)Nc1ccc(Oc2ccccc2Cl)cc1)c1cc2oc(=O)c(C(=O)O)cc2s1. The van der Waals surface area contributed by atoms with Gasteiger partial charge in [0.25, 0.3) is 0 Å². The molecule has 0 aliphatic heterocycles. The summed E-state index contributed by atoms with van der Waals surface area (Å²) in [6, 6.07) is 16.2. The van der Waals surface area contributed by atoms with Crippen molar-refractivity contribution < 1.29 is 23.8 Å². The monoisotopic (exact) mass is 470 g/mol. The second-order valence-corrected chi connectivity index (χ2v) is 8.08. The maximum Gasteiger partial charge on any atom is 0.351 e. The number of carboxylic acids is 1. The number of thiophene rings is 1. The van der Waals surface area contributed by atoms with Crippen molar-refractivity contribution >= 4 is 55.9 Å². The van der Waals surface area contributed by atoms with Gasteiger partial charge in [0, 0.05) is 18.8 Å². The topological polar surface area (TPSA) is 109 Å². The predicted octanol–water partition coefficient (Wildman–Crippen LogP) is 5.67. The number of carbonyl (C=O) groups excluding carboxylic acids is 1. The Balaban J connectivity index is 1.47. The first-order valence-electron chi connectivity index (χ1n) is 9.20. The fourth-order valence-corrected chi connectivity index (χ4v) is 3.95. The first kappa shape index (κ1) is 21.4. The van der Waals surface area contributed by atoms with Gasteiger partial charge in [0.1, 0.15) is 22.1 Å². The van der Waals surface area contributed by atoms with E-state index in [0.29, 0.717) is 31.9 Å². The standard InChI is InChI=1S/C22H15ClN2O6S/c1-25(19-11-17-18(32-19)10-14(20(26)27)21(28)31-17)22(29)24-12-6-8-13(9-7-12)30-16-5-3-2-4-15(16)23/h2-11H,1H3,(H,24,29)(H,26,27). The molecule has 0 aliphatic carbocycles. The highest BCUT2D eigenvalue weighted by atomic mass is 35.5. The fraction of sp³-hybridized carbons (Fsp3) is 0.0455. The number of amides is 2. The molecule has 4 aromatic rings. The van der Waals surface area contributed by atoms with Gasteiger partial charge in [-0.25, -0.2) is 14.4 Å². The number of nitrogens with one attached hydrogen (secondary N) is 1. The van der Waals surface area contributed by atoms with Crippen LogP contribution in [0.1, 0.15) is 10.4 Å². The van der Waals surface area contributed by atoms with Gasteiger partial charge in [-0.15, -0.1) is 11.3 Å². The highest BCUT2D eigenvalue weighted by Gasteiger charge is 2.18. The van der Waals surface area contributed by atoms with Gasteiger partial charge in [-0.3, -0.25) is 4.90 Å². The Bertz CT molecular complexity index is 1380. The van der Waals surface area contributed by atoms with Crippen molar-refractivity contribution in [3.63, 3.8) is 0 Å². The summed E-state index contributed by atoms with van der Waals surface area (Å²) in [7, 11) is 1.55. The molecule has 0 saturated carbocycles. The van der Waals surface area contributed by atoms with Crippen LogP contribution in [0.2, 0.25) is 5.02 Å². The van der Waals surface area contributed by atoms with Crippen LogP contribution in [0.25, 0.3) is 10.3 Å². The van der Waals surface area contributed by atoms with E-state index in [1.54, 1.807) is 49.5 Å². The number of carbonyl (C=O) groups is 2. The van der Waals surface area contributed by atoms with Crippen LogP contribution in [0.4, 0.5) is 15.5 Å². The molecule has 2 heterocycles. The van der Waals surface area contributed by atoms with Crippen LogP contribution in [0.5, 0.6) is 11.5 Å². The molecular formula is C22H15ClN2O6S. The van der Waals surface area contributed by atoms with Crippen molar-refractivity contribution in [3.8, 4) is 11.5 Å². The zero-order valence-electron chi connectivity index (χ0n) is 16.5. The van der Waals surface area contributed by atoms with Gasteiger partial charge < -0.3 is 19.6 Å². The van der Waals surface area contributed by atoms with Gasteiger partial charge in [-0.2, -0.15) is 0 Å². The molecule has 2 N–H and O–H groups in total. The summed E-state index contributed by atoms with van der Waals surface area (Å²) in [5.74, 6) is -0.296. The third kappa shape index (κ3) is 4.43. The number of para-hydroxylation sites is 1. The molecule has 2 aromatic carbocycles. The zero-order chi connectivity index (χ0) is 22.8. The number of aromatic carboxylic acids is 1. The molecule has 8 nitrogen and oxygen atoms in total. The smallest absolute Gasteiger partial charge is 0.351 e. The first-order chi connectivity index (χ1) is 15.3. The van der Waals surface area contributed by atoms with Crippen LogP contribution < -0.4 is 20.6 Å². The van der Waals surface area contributed by atoms with Crippen molar-refractivity contribution in [1.29, 1.82) is 0 Å². The Hall–Kier alpha value is -3.82. The van der Waals surface area contributed by atoms with Gasteiger partial charge in [0.05, 0.1) is 9.72 Å². The van der Waals surface area contributed by atoms with E-state index in [2.05, 4.69) is 5.32 Å². The predicted molar refractivity (Wildman–Crippen MR) is 123 cm³/mol. The third-order valence-corrected chi connectivity index (χ3v) is 5.90. The zero-order valence-corrected chi connectivity index (χ0v) is 18.1. The van der Waals surface area contributed by atoms with Crippen LogP contribution in [0.15, 0.2) is 69.9 Å². The Morgan fingerprint density at radius 3 is 2.53 bits per heavy atom. The molecule has 0 spiro atoms. The number of hydrogen-bond donors (Lipinski definition) is 2. The summed E-state index contributed by atoms with van der Waals surface area (Å²) < 4.78 is 11.2. The molecule has 4 rings (SSSR count). The number of ether oxygens (including phenoxy) is 1. The van der Waals surface area contributed by atoms with Crippen LogP contribution in [-0.2, 0) is 0 Å². The van der Waals surface area contributed by atoms with E-state index >= 15 is 0 Å². The molecule has 0 bridgehead atoms. The van der Waals surface area contributed by atoms with Crippen molar-refractivity contribution in [2.75, 3.05) is 17.3 Å². The number of hydrogen-bond acceptors (Lipinski definition) is 6. The maximum absolute atomic E-state index is 12.6. The Labute approximate surface area is 190 Å². The van der Waals surface area contributed by atoms with Crippen molar-refractivity contribution in [3.05, 3.63) is 81.7 Å². The second-order valence-electron chi connectivity index (χ2n) is 6.61. The van der Waals surface area contributed by atoms with Crippen molar-refractivity contribution in [1.82, 2.24) is 0 Å². The molecule has 0 atom stereocenters. The molecule has 0 saturated heterocycles. The van der Waals surface area contributed by atoms with E-state index in [9.17, 15) is 14.4 Å². The molecule has 162 valence electrons. The van der Waals surface area contributed by atoms with Crippen LogP contribution in [0, 0.1) is 0 Å². The molecule has 0 aliphatic rings. The molecule has 32 heavy (non-hydrogen) atoms. The van der Waals surface area contributed by atoms with Gasteiger partial charge in [0.15, 0.2) is 5.58 Å². The van der Waals surface area contributed by atoms with E-state index in [1.165, 1.54) is 17.0 Å². The highest BCUT2D eigenvalue weighted by Crippen LogP contribution is 2.32. The Morgan fingerprint density at radius 2 is 1.84 bits per heavy atom. The van der Waals surface area contributed by atoms with E-state index < -0.39 is 23.2 Å². The summed E-state index contributed by atoms with van der Waals surface area (Å²) in [6.45, 7) is 0. The van der Waals surface area contributed by atoms with Gasteiger partial charge >= 0.3 is 17.6 Å². The average molecular weight is 471 g/mol. The molecule has 0 radical (unpaired) electrons. The lowest BCUT2D eigenvalue weighted by Gasteiger charge is -2.16. The minimum atomic E-state index is -1.37. The minimum absolute atomic E-state index is 0.209. The number of nitrogens with zero attached hydrogens (tertiary/aromatic N) is 1. The lowest BCUT2D eigenvalue weighted by Crippen LogP contribution is -2.30. The number of carboxylic acid groups (broad SMARTS) is 1. The van der Waals surface area contributed by atoms with Gasteiger partial charge in [0.2, 0.25) is 0 Å². The van der Waals surface area contributed by atoms with Crippen LogP contribution >= 0.6 is 22.9 Å². The maximum atomic E-state index is 12.6. The van der Waals surface area contributed by atoms with Crippen LogP contribution in [-0.4, -0.2) is 24.2 Å². The minimum Gasteiger partial charge on any atom is -0.477 e. The average Bonchev–Trinajstić information content (AvgIpc) is 3.18. The summed E-state index contributed by atoms with van der Waals surface area (Å²) in [4.78, 5) is 36.8. The number of halogens is 1. The highest BCUT2D eigenvalue weighted by molar-refractivity contribution is 7.22. The van der Waals surface area contributed by atoms with Gasteiger partial charge in [-0.1, -0.05) is 23.7 Å². The van der Waals surface area contributed by atoms with E-state index in [1.807, 2.05) is 6.07 Å². The molecule has 0 fully saturated rings. The summed E-state index contributed by atoms with van der Waals surface area (Å²) >= 11 is 7.22. The quantitative estimate of drug-likeness (QED) is 0.389. The summed E-state index contributed by atoms with van der Waals surface area (Å²) in [5.41, 5.74) is -0.660. The summed E-state index contributed by atoms with van der Waals surface area (Å²) in [6.07, 6.45) is 0. The number of anilines is 2. The fourth-order valence-electron chi connectivity index (χ4n) is 2.78. The van der Waals surface area contributed by atoms with Crippen molar-refractivity contribution in [2.45, 2.75) is 0 Å². The molecule has 2 amide bonds. The lowest BCUT2D eigenvalue weighted by molar-refractivity contribution is 0.0692. The number of fused-ring (bicyclic) bond motifs is 1. The molecular weight excluding hydrogens is 456 g/mol. The molecule has 10 heteroatoms. The van der Waals surface area contributed by atoms with E-state index in [0.717, 1.165) is 11.3 Å². The first-order valence-corrected chi connectivity index (χ1v) is 10.4. The Morgan fingerprint density at radius 1 is 1.12 bits per heavy atom. The lowest BCUT2D eigenvalue weighted by atomic mass is 10.3. The van der Waals surface area contributed by atoms with E-state index in [4.69, 9.17) is 25.9 Å². The second kappa shape index (κ2) is 8.74. The number of rotatable bonds is 5. The van der Waals surface area contributed by atoms with Crippen molar-refractivity contribution in [2.24, 2.45) is 0 Å². The molecule has 0 unspecified atom stereocenters. The van der Waals surface area contributed by atoms with Gasteiger partial charge in [-0.05, 0) is 42.5 Å².